The van der Waals surface area contributed by atoms with Crippen LogP contribution in [0.5, 0.6) is 0 Å². The van der Waals surface area contributed by atoms with E-state index in [4.69, 9.17) is 4.74 Å². The summed E-state index contributed by atoms with van der Waals surface area (Å²) in [6.07, 6.45) is 12.9. The number of ether oxygens (including phenoxy) is 1. The highest BCUT2D eigenvalue weighted by molar-refractivity contribution is 5.91. The van der Waals surface area contributed by atoms with E-state index in [9.17, 15) is 9.59 Å². The van der Waals surface area contributed by atoms with Gasteiger partial charge in [-0.05, 0) is 93.0 Å². The molecule has 26 heavy (non-hydrogen) atoms. The van der Waals surface area contributed by atoms with Crippen LogP contribution in [0.15, 0.2) is 11.6 Å². The van der Waals surface area contributed by atoms with Gasteiger partial charge in [-0.2, -0.15) is 0 Å². The number of allylic oxidation sites excluding steroid dienone is 1. The third-order valence-corrected chi connectivity index (χ3v) is 9.77. The lowest BCUT2D eigenvalue weighted by atomic mass is 9.49. The van der Waals surface area contributed by atoms with Crippen LogP contribution in [-0.4, -0.2) is 17.4 Å². The topological polar surface area (TPSA) is 43.4 Å². The van der Waals surface area contributed by atoms with Crippen LogP contribution in [0.25, 0.3) is 0 Å². The quantitative estimate of drug-likeness (QED) is 0.654. The molecule has 1 spiro atoms. The Morgan fingerprint density at radius 3 is 2.69 bits per heavy atom. The van der Waals surface area contributed by atoms with Crippen molar-refractivity contribution >= 4 is 11.8 Å². The Morgan fingerprint density at radius 1 is 1.04 bits per heavy atom. The van der Waals surface area contributed by atoms with Crippen LogP contribution in [0.2, 0.25) is 0 Å². The molecule has 140 valence electrons. The minimum absolute atomic E-state index is 0.0459. The minimum Gasteiger partial charge on any atom is -0.458 e. The van der Waals surface area contributed by atoms with E-state index < -0.39 is 0 Å². The zero-order chi connectivity index (χ0) is 17.7. The molecule has 0 aromatic carbocycles. The lowest BCUT2D eigenvalue weighted by Crippen LogP contribution is -2.54. The van der Waals surface area contributed by atoms with Gasteiger partial charge >= 0.3 is 5.97 Å². The smallest absolute Gasteiger partial charge is 0.306 e. The third kappa shape index (κ3) is 1.76. The standard InChI is InChI=1S/C23H30O3/c1-2-22-8-5-15-14-4-3-13(24)11-16(14)17-12-18(17)21(15)19(22)6-9-23(22)10-7-20(25)26-23/h11,14-15,17-19,21H,2-10,12H2,1H3/t14-,15?,17?,18?,19?,21?,22+,23-/m1/s1. The average molecular weight is 354 g/mol. The number of ketones is 1. The van der Waals surface area contributed by atoms with Crippen LogP contribution in [0, 0.1) is 40.9 Å². The predicted molar refractivity (Wildman–Crippen MR) is 97.1 cm³/mol. The van der Waals surface area contributed by atoms with Crippen molar-refractivity contribution in [1.82, 2.24) is 0 Å². The molecular weight excluding hydrogens is 324 g/mol. The van der Waals surface area contributed by atoms with Gasteiger partial charge in [0.1, 0.15) is 5.60 Å². The lowest BCUT2D eigenvalue weighted by molar-refractivity contribution is -0.170. The summed E-state index contributed by atoms with van der Waals surface area (Å²) in [5, 5.41) is 0. The van der Waals surface area contributed by atoms with Crippen LogP contribution in [-0.2, 0) is 14.3 Å². The summed E-state index contributed by atoms with van der Waals surface area (Å²) in [5.41, 5.74) is 1.63. The van der Waals surface area contributed by atoms with Gasteiger partial charge in [-0.1, -0.05) is 12.5 Å². The van der Waals surface area contributed by atoms with Crippen molar-refractivity contribution in [2.45, 2.75) is 76.7 Å². The first-order valence-electron chi connectivity index (χ1n) is 11.0. The van der Waals surface area contributed by atoms with E-state index in [1.54, 1.807) is 0 Å². The van der Waals surface area contributed by atoms with Crippen molar-refractivity contribution in [1.29, 1.82) is 0 Å². The molecule has 1 aliphatic heterocycles. The van der Waals surface area contributed by atoms with Gasteiger partial charge in [0.2, 0.25) is 0 Å². The van der Waals surface area contributed by atoms with E-state index in [-0.39, 0.29) is 17.0 Å². The van der Waals surface area contributed by atoms with Crippen molar-refractivity contribution in [3.05, 3.63) is 11.6 Å². The number of hydrogen-bond acceptors (Lipinski definition) is 3. The molecule has 8 atom stereocenters. The maximum Gasteiger partial charge on any atom is 0.306 e. The first kappa shape index (κ1) is 15.9. The molecule has 0 amide bonds. The summed E-state index contributed by atoms with van der Waals surface area (Å²) in [4.78, 5) is 24.0. The van der Waals surface area contributed by atoms with E-state index in [1.165, 1.54) is 31.3 Å². The second-order valence-electron chi connectivity index (χ2n) is 10.2. The molecule has 4 saturated carbocycles. The summed E-state index contributed by atoms with van der Waals surface area (Å²) in [6.45, 7) is 2.35. The molecule has 1 saturated heterocycles. The fourth-order valence-corrected chi connectivity index (χ4v) is 8.83. The van der Waals surface area contributed by atoms with Crippen molar-refractivity contribution in [3.63, 3.8) is 0 Å². The Labute approximate surface area is 155 Å². The van der Waals surface area contributed by atoms with E-state index in [0.29, 0.717) is 24.0 Å². The number of carbonyl (C=O) groups excluding carboxylic acids is 2. The second-order valence-corrected chi connectivity index (χ2v) is 10.2. The highest BCUT2D eigenvalue weighted by Crippen LogP contribution is 2.74. The Hall–Kier alpha value is -1.12. The lowest BCUT2D eigenvalue weighted by Gasteiger charge is -2.56. The number of carbonyl (C=O) groups is 2. The molecular formula is C23H30O3. The van der Waals surface area contributed by atoms with E-state index in [2.05, 4.69) is 6.92 Å². The van der Waals surface area contributed by atoms with Gasteiger partial charge in [-0.3, -0.25) is 9.59 Å². The van der Waals surface area contributed by atoms with Crippen LogP contribution in [0.4, 0.5) is 0 Å². The highest BCUT2D eigenvalue weighted by Gasteiger charge is 2.70. The summed E-state index contributed by atoms with van der Waals surface area (Å²) in [5.74, 6) is 4.97. The molecule has 3 heteroatoms. The van der Waals surface area contributed by atoms with Gasteiger partial charge in [0, 0.05) is 18.3 Å². The molecule has 0 bridgehead atoms. The Bertz CT molecular complexity index is 723. The minimum atomic E-state index is -0.141. The number of fused-ring (bicyclic) bond motifs is 9. The Morgan fingerprint density at radius 2 is 1.92 bits per heavy atom. The molecule has 0 aromatic rings. The Kier molecular flexibility index (Phi) is 3.07. The van der Waals surface area contributed by atoms with E-state index in [0.717, 1.165) is 55.8 Å². The molecule has 6 rings (SSSR count). The van der Waals surface area contributed by atoms with Gasteiger partial charge < -0.3 is 4.74 Å². The summed E-state index contributed by atoms with van der Waals surface area (Å²) >= 11 is 0. The monoisotopic (exact) mass is 354 g/mol. The van der Waals surface area contributed by atoms with Crippen LogP contribution in [0.3, 0.4) is 0 Å². The van der Waals surface area contributed by atoms with Gasteiger partial charge in [0.15, 0.2) is 5.78 Å². The fourth-order valence-electron chi connectivity index (χ4n) is 8.83. The van der Waals surface area contributed by atoms with Crippen molar-refractivity contribution < 1.29 is 14.3 Å². The van der Waals surface area contributed by atoms with Gasteiger partial charge in [0.25, 0.3) is 0 Å². The summed E-state index contributed by atoms with van der Waals surface area (Å²) in [6, 6.07) is 0. The number of hydrogen-bond donors (Lipinski definition) is 0. The zero-order valence-electron chi connectivity index (χ0n) is 15.8. The average Bonchev–Trinajstić information content (AvgIpc) is 3.27. The molecule has 0 radical (unpaired) electrons. The normalized spacial score (nSPS) is 54.1. The molecule has 1 heterocycles. The SMILES string of the molecule is CC[C@]12CCC3C(C4CC4C4=CC(=O)CC[C@@H]43)C1CC[C@@]21CCC(=O)O1. The van der Waals surface area contributed by atoms with Crippen molar-refractivity contribution in [3.8, 4) is 0 Å². The molecule has 0 N–H and O–H groups in total. The summed E-state index contributed by atoms with van der Waals surface area (Å²) in [7, 11) is 0. The highest BCUT2D eigenvalue weighted by atomic mass is 16.6. The third-order valence-electron chi connectivity index (χ3n) is 9.77. The first-order chi connectivity index (χ1) is 12.6. The zero-order valence-corrected chi connectivity index (χ0v) is 15.8. The van der Waals surface area contributed by atoms with Gasteiger partial charge in [-0.25, -0.2) is 0 Å². The molecule has 6 aliphatic rings. The van der Waals surface area contributed by atoms with Crippen molar-refractivity contribution in [2.24, 2.45) is 40.9 Å². The van der Waals surface area contributed by atoms with Crippen LogP contribution >= 0.6 is 0 Å². The van der Waals surface area contributed by atoms with Crippen LogP contribution in [0.1, 0.15) is 71.1 Å². The predicted octanol–water partition coefficient (Wildman–Crippen LogP) is 4.45. The molecule has 5 fully saturated rings. The maximum absolute atomic E-state index is 12.0. The van der Waals surface area contributed by atoms with Crippen molar-refractivity contribution in [2.75, 3.05) is 0 Å². The molecule has 5 aliphatic carbocycles. The van der Waals surface area contributed by atoms with Gasteiger partial charge in [-0.15, -0.1) is 0 Å². The maximum atomic E-state index is 12.0. The summed E-state index contributed by atoms with van der Waals surface area (Å²) < 4.78 is 6.13. The fraction of sp³-hybridized carbons (Fsp3) is 0.826. The molecule has 0 aromatic heterocycles. The van der Waals surface area contributed by atoms with Gasteiger partial charge in [0.05, 0.1) is 0 Å². The Balaban J connectivity index is 1.39. The first-order valence-corrected chi connectivity index (χ1v) is 11.0. The second kappa shape index (κ2) is 5.02. The number of rotatable bonds is 1. The van der Waals surface area contributed by atoms with Crippen LogP contribution < -0.4 is 0 Å². The van der Waals surface area contributed by atoms with E-state index >= 15 is 0 Å². The molecule has 5 unspecified atom stereocenters. The number of esters is 1. The molecule has 3 nitrogen and oxygen atoms in total. The van der Waals surface area contributed by atoms with E-state index in [1.807, 2.05) is 6.08 Å². The largest absolute Gasteiger partial charge is 0.458 e.